The predicted molar refractivity (Wildman–Crippen MR) is 107 cm³/mol. The van der Waals surface area contributed by atoms with Gasteiger partial charge >= 0.3 is 0 Å². The number of fused-ring (bicyclic) bond motifs is 3. The Balaban J connectivity index is 1.47. The van der Waals surface area contributed by atoms with Crippen molar-refractivity contribution in [1.82, 2.24) is 14.9 Å². The molecule has 2 saturated carbocycles. The van der Waals surface area contributed by atoms with Gasteiger partial charge in [-0.15, -0.1) is 11.3 Å². The van der Waals surface area contributed by atoms with E-state index in [1.54, 1.807) is 11.3 Å². The number of carbonyl (C=O) groups is 1. The van der Waals surface area contributed by atoms with Gasteiger partial charge in [0.05, 0.1) is 11.9 Å². The number of rotatable bonds is 4. The molecule has 2 aromatic heterocycles. The highest BCUT2D eigenvalue weighted by Gasteiger charge is 2.34. The second-order valence-electron chi connectivity index (χ2n) is 8.44. The molecule has 144 valence electrons. The lowest BCUT2D eigenvalue weighted by Crippen LogP contribution is -2.44. The first-order valence-electron chi connectivity index (χ1n) is 10.5. The van der Waals surface area contributed by atoms with Gasteiger partial charge < -0.3 is 9.88 Å². The van der Waals surface area contributed by atoms with Gasteiger partial charge in [0.2, 0.25) is 5.91 Å². The van der Waals surface area contributed by atoms with Crippen molar-refractivity contribution in [2.45, 2.75) is 83.2 Å². The van der Waals surface area contributed by atoms with E-state index in [0.29, 0.717) is 18.4 Å². The molecule has 3 aliphatic rings. The maximum Gasteiger partial charge on any atom is 0.259 e. The van der Waals surface area contributed by atoms with Gasteiger partial charge in [-0.25, -0.2) is 4.98 Å². The van der Waals surface area contributed by atoms with Crippen molar-refractivity contribution in [3.8, 4) is 0 Å². The Morgan fingerprint density at radius 1 is 1.07 bits per heavy atom. The number of carbonyl (C=O) groups excluding carboxylic acids is 1. The van der Waals surface area contributed by atoms with Gasteiger partial charge in [0.15, 0.2) is 0 Å². The topological polar surface area (TPSA) is 66.1 Å². The zero-order valence-electron chi connectivity index (χ0n) is 15.8. The third kappa shape index (κ3) is 3.12. The molecular weight excluding hydrogens is 358 g/mol. The summed E-state index contributed by atoms with van der Waals surface area (Å²) in [7, 11) is 0. The third-order valence-corrected chi connectivity index (χ3v) is 7.88. The van der Waals surface area contributed by atoms with E-state index < -0.39 is 0 Å². The lowest BCUT2D eigenvalue weighted by atomic mass is 9.84. The van der Waals surface area contributed by atoms with Crippen LogP contribution in [0.4, 0.5) is 0 Å². The molecule has 0 radical (unpaired) electrons. The first kappa shape index (κ1) is 17.4. The van der Waals surface area contributed by atoms with E-state index in [9.17, 15) is 9.59 Å². The van der Waals surface area contributed by atoms with Crippen LogP contribution >= 0.6 is 11.3 Å². The van der Waals surface area contributed by atoms with Crippen LogP contribution < -0.4 is 5.56 Å². The quantitative estimate of drug-likeness (QED) is 0.867. The summed E-state index contributed by atoms with van der Waals surface area (Å²) in [6.45, 7) is 0.452. The summed E-state index contributed by atoms with van der Waals surface area (Å²) in [5.74, 6) is 1.13. The van der Waals surface area contributed by atoms with Crippen LogP contribution in [0.15, 0.2) is 4.79 Å². The normalized spacial score (nSPS) is 20.6. The Hall–Kier alpha value is -1.69. The number of hydrogen-bond acceptors (Lipinski definition) is 4. The number of thiophene rings is 1. The molecule has 1 amide bonds. The third-order valence-electron chi connectivity index (χ3n) is 6.70. The number of aromatic nitrogens is 2. The smallest absolute Gasteiger partial charge is 0.259 e. The zero-order valence-corrected chi connectivity index (χ0v) is 16.6. The molecule has 5 nitrogen and oxygen atoms in total. The average molecular weight is 386 g/mol. The fourth-order valence-electron chi connectivity index (χ4n) is 4.94. The largest absolute Gasteiger partial charge is 0.332 e. The number of aromatic amines is 1. The van der Waals surface area contributed by atoms with Gasteiger partial charge in [-0.1, -0.05) is 19.3 Å². The molecule has 0 unspecified atom stereocenters. The molecule has 0 atom stereocenters. The number of amides is 1. The summed E-state index contributed by atoms with van der Waals surface area (Å²) in [5.41, 5.74) is 1.21. The van der Waals surface area contributed by atoms with Crippen molar-refractivity contribution in [2.75, 3.05) is 0 Å². The van der Waals surface area contributed by atoms with Crippen molar-refractivity contribution >= 4 is 27.5 Å². The monoisotopic (exact) mass is 385 g/mol. The summed E-state index contributed by atoms with van der Waals surface area (Å²) in [6, 6.07) is 0.315. The van der Waals surface area contributed by atoms with E-state index in [1.807, 2.05) is 4.90 Å². The van der Waals surface area contributed by atoms with Crippen LogP contribution in [0.3, 0.4) is 0 Å². The lowest BCUT2D eigenvalue weighted by Gasteiger charge is -2.35. The number of nitrogens with zero attached hydrogens (tertiary/aromatic N) is 2. The van der Waals surface area contributed by atoms with E-state index in [4.69, 9.17) is 4.98 Å². The first-order chi connectivity index (χ1) is 13.2. The van der Waals surface area contributed by atoms with E-state index in [-0.39, 0.29) is 17.4 Å². The molecule has 0 bridgehead atoms. The fourth-order valence-corrected chi connectivity index (χ4v) is 6.22. The van der Waals surface area contributed by atoms with Crippen LogP contribution in [-0.4, -0.2) is 26.8 Å². The van der Waals surface area contributed by atoms with Crippen molar-refractivity contribution in [3.63, 3.8) is 0 Å². The summed E-state index contributed by atoms with van der Waals surface area (Å²) in [4.78, 5) is 37.9. The van der Waals surface area contributed by atoms with Gasteiger partial charge in [-0.05, 0) is 56.9 Å². The molecule has 1 N–H and O–H groups in total. The number of nitrogens with one attached hydrogen (secondary N) is 1. The summed E-state index contributed by atoms with van der Waals surface area (Å²) in [6.07, 6.45) is 12.2. The molecule has 0 aromatic carbocycles. The Labute approximate surface area is 163 Å². The number of hydrogen-bond donors (Lipinski definition) is 1. The SMILES string of the molecule is O=C(C1CCC1)N(Cc1nc2sc3c(c2c(=O)[nH]1)CCCC3)C1CCCC1. The second-order valence-corrected chi connectivity index (χ2v) is 9.52. The molecule has 27 heavy (non-hydrogen) atoms. The second kappa shape index (κ2) is 7.04. The summed E-state index contributed by atoms with van der Waals surface area (Å²) < 4.78 is 0. The van der Waals surface area contributed by atoms with Crippen molar-refractivity contribution in [1.29, 1.82) is 0 Å². The molecule has 6 heteroatoms. The van der Waals surface area contributed by atoms with E-state index in [1.165, 1.54) is 29.7 Å². The molecule has 2 fully saturated rings. The Bertz CT molecular complexity index is 921. The Morgan fingerprint density at radius 2 is 1.85 bits per heavy atom. The number of aryl methyl sites for hydroxylation is 2. The Morgan fingerprint density at radius 3 is 2.59 bits per heavy atom. The first-order valence-corrected chi connectivity index (χ1v) is 11.4. The van der Waals surface area contributed by atoms with Crippen LogP contribution in [0.1, 0.15) is 74.1 Å². The number of H-pyrrole nitrogens is 1. The molecule has 0 aliphatic heterocycles. The fraction of sp³-hybridized carbons (Fsp3) is 0.667. The van der Waals surface area contributed by atoms with E-state index in [2.05, 4.69) is 4.98 Å². The highest BCUT2D eigenvalue weighted by atomic mass is 32.1. The van der Waals surface area contributed by atoms with Crippen LogP contribution in [0, 0.1) is 5.92 Å². The van der Waals surface area contributed by atoms with E-state index in [0.717, 1.165) is 61.6 Å². The minimum atomic E-state index is -0.0168. The van der Waals surface area contributed by atoms with Crippen LogP contribution in [0.2, 0.25) is 0 Å². The molecule has 0 saturated heterocycles. The zero-order chi connectivity index (χ0) is 18.4. The minimum absolute atomic E-state index is 0.0168. The van der Waals surface area contributed by atoms with Gasteiger partial charge in [-0.2, -0.15) is 0 Å². The van der Waals surface area contributed by atoms with Gasteiger partial charge in [0.1, 0.15) is 10.7 Å². The molecule has 3 aliphatic carbocycles. The van der Waals surface area contributed by atoms with Gasteiger partial charge in [0.25, 0.3) is 5.56 Å². The molecular formula is C21H27N3O2S. The van der Waals surface area contributed by atoms with Crippen LogP contribution in [0.5, 0.6) is 0 Å². The highest BCUT2D eigenvalue weighted by molar-refractivity contribution is 7.18. The Kier molecular flexibility index (Phi) is 4.54. The minimum Gasteiger partial charge on any atom is -0.332 e. The van der Waals surface area contributed by atoms with Crippen molar-refractivity contribution < 1.29 is 4.79 Å². The van der Waals surface area contributed by atoms with E-state index >= 15 is 0 Å². The lowest BCUT2D eigenvalue weighted by molar-refractivity contribution is -0.141. The summed E-state index contributed by atoms with van der Waals surface area (Å²) >= 11 is 1.68. The standard InChI is InChI=1S/C21H27N3O2S/c25-19-18-15-10-3-4-11-16(15)27-20(18)23-17(22-19)12-24(14-8-1-2-9-14)21(26)13-6-5-7-13/h13-14H,1-12H2,(H,22,23,25). The molecule has 2 heterocycles. The molecule has 0 spiro atoms. The summed E-state index contributed by atoms with van der Waals surface area (Å²) in [5, 5.41) is 0.802. The van der Waals surface area contributed by atoms with Gasteiger partial charge in [0, 0.05) is 16.8 Å². The highest BCUT2D eigenvalue weighted by Crippen LogP contribution is 2.35. The molecule has 5 rings (SSSR count). The van der Waals surface area contributed by atoms with Crippen LogP contribution in [0.25, 0.3) is 10.2 Å². The average Bonchev–Trinajstić information content (AvgIpc) is 3.25. The maximum atomic E-state index is 13.0. The predicted octanol–water partition coefficient (Wildman–Crippen LogP) is 3.93. The maximum absolute atomic E-state index is 13.0. The van der Waals surface area contributed by atoms with Crippen LogP contribution in [-0.2, 0) is 24.2 Å². The molecule has 2 aromatic rings. The van der Waals surface area contributed by atoms with Crippen molar-refractivity contribution in [3.05, 3.63) is 26.6 Å². The van der Waals surface area contributed by atoms with Crippen molar-refractivity contribution in [2.24, 2.45) is 5.92 Å². The van der Waals surface area contributed by atoms with Gasteiger partial charge in [-0.3, -0.25) is 9.59 Å².